The van der Waals surface area contributed by atoms with E-state index < -0.39 is 19.7 Å². The van der Waals surface area contributed by atoms with E-state index in [9.17, 15) is 21.6 Å². The Labute approximate surface area is 147 Å². The first-order valence-electron chi connectivity index (χ1n) is 7.63. The molecule has 0 spiro atoms. The lowest BCUT2D eigenvalue weighted by Crippen LogP contribution is -2.41. The molecule has 24 heavy (non-hydrogen) atoms. The Balaban J connectivity index is 2.03. The number of hydrogen-bond donors (Lipinski definition) is 0. The van der Waals surface area contributed by atoms with E-state index in [4.69, 9.17) is 11.6 Å². The lowest BCUT2D eigenvalue weighted by Gasteiger charge is -2.26. The summed E-state index contributed by atoms with van der Waals surface area (Å²) in [6, 6.07) is 5.54. The highest BCUT2D eigenvalue weighted by molar-refractivity contribution is 7.91. The molecule has 134 valence electrons. The molecule has 6 nitrogen and oxygen atoms in total. The number of benzene rings is 1. The Bertz CT molecular complexity index is 820. The zero-order valence-electron chi connectivity index (χ0n) is 13.3. The summed E-state index contributed by atoms with van der Waals surface area (Å²) in [6.45, 7) is 2.12. The summed E-state index contributed by atoms with van der Waals surface area (Å²) < 4.78 is 47.7. The second-order valence-electron chi connectivity index (χ2n) is 5.76. The molecule has 0 aliphatic carbocycles. The van der Waals surface area contributed by atoms with E-state index in [0.717, 1.165) is 0 Å². The highest BCUT2D eigenvalue weighted by atomic mass is 35.5. The van der Waals surface area contributed by atoms with Gasteiger partial charge in [0.2, 0.25) is 5.91 Å². The molecule has 1 unspecified atom stereocenters. The largest absolute Gasteiger partial charge is 0.339 e. The molecule has 0 radical (unpaired) electrons. The summed E-state index contributed by atoms with van der Waals surface area (Å²) in [4.78, 5) is 13.9. The van der Waals surface area contributed by atoms with Gasteiger partial charge >= 0.3 is 0 Å². The molecule has 1 saturated heterocycles. The first kappa shape index (κ1) is 19.2. The van der Waals surface area contributed by atoms with Crippen molar-refractivity contribution in [3.05, 3.63) is 29.3 Å². The number of halogens is 1. The van der Waals surface area contributed by atoms with Gasteiger partial charge < -0.3 is 4.90 Å². The predicted octanol–water partition coefficient (Wildman–Crippen LogP) is 1.54. The van der Waals surface area contributed by atoms with Crippen molar-refractivity contribution in [2.45, 2.75) is 30.7 Å². The van der Waals surface area contributed by atoms with Crippen LogP contribution in [0.4, 0.5) is 0 Å². The van der Waals surface area contributed by atoms with Crippen molar-refractivity contribution in [3.8, 4) is 0 Å². The van der Waals surface area contributed by atoms with E-state index in [2.05, 4.69) is 0 Å². The van der Waals surface area contributed by atoms with Crippen LogP contribution in [-0.4, -0.2) is 57.5 Å². The van der Waals surface area contributed by atoms with Crippen LogP contribution in [0.3, 0.4) is 0 Å². The van der Waals surface area contributed by atoms with Crippen LogP contribution in [0, 0.1) is 0 Å². The zero-order valence-corrected chi connectivity index (χ0v) is 15.7. The third kappa shape index (κ3) is 4.70. The van der Waals surface area contributed by atoms with E-state index in [-0.39, 0.29) is 40.5 Å². The van der Waals surface area contributed by atoms with E-state index in [1.807, 2.05) is 0 Å². The van der Waals surface area contributed by atoms with Crippen molar-refractivity contribution in [3.63, 3.8) is 0 Å². The fraction of sp³-hybridized carbons (Fsp3) is 0.533. The van der Waals surface area contributed by atoms with Crippen LogP contribution in [0.1, 0.15) is 19.8 Å². The van der Waals surface area contributed by atoms with Crippen molar-refractivity contribution >= 4 is 37.2 Å². The maximum absolute atomic E-state index is 12.4. The third-order valence-corrected chi connectivity index (χ3v) is 7.75. The van der Waals surface area contributed by atoms with Gasteiger partial charge in [-0.05, 0) is 31.5 Å². The minimum Gasteiger partial charge on any atom is -0.339 e. The summed E-state index contributed by atoms with van der Waals surface area (Å²) >= 11 is 5.80. The quantitative estimate of drug-likeness (QED) is 0.731. The van der Waals surface area contributed by atoms with Gasteiger partial charge in [0.05, 0.1) is 22.2 Å². The van der Waals surface area contributed by atoms with Crippen molar-refractivity contribution in [2.24, 2.45) is 0 Å². The lowest BCUT2D eigenvalue weighted by atomic mass is 10.2. The number of sulfone groups is 2. The number of amides is 1. The van der Waals surface area contributed by atoms with Crippen LogP contribution in [-0.2, 0) is 24.5 Å². The SMILES string of the molecule is CCN(C(=O)CCS(=O)(=O)c1cccc(Cl)c1)C1CCS(=O)(=O)C1. The molecule has 1 atom stereocenters. The highest BCUT2D eigenvalue weighted by Gasteiger charge is 2.34. The average Bonchev–Trinajstić information content (AvgIpc) is 2.86. The maximum Gasteiger partial charge on any atom is 0.223 e. The van der Waals surface area contributed by atoms with E-state index in [0.29, 0.717) is 18.0 Å². The first-order valence-corrected chi connectivity index (χ1v) is 11.5. The smallest absolute Gasteiger partial charge is 0.223 e. The number of nitrogens with zero attached hydrogens (tertiary/aromatic N) is 1. The molecule has 0 aromatic heterocycles. The van der Waals surface area contributed by atoms with Crippen molar-refractivity contribution in [2.75, 3.05) is 23.8 Å². The molecule has 1 aliphatic heterocycles. The standard InChI is InChI=1S/C15H20ClNO5S2/c1-2-17(13-6-8-23(19,20)11-13)15(18)7-9-24(21,22)14-5-3-4-12(16)10-14/h3-5,10,13H,2,6-9,11H2,1H3. The first-order chi connectivity index (χ1) is 11.1. The van der Waals surface area contributed by atoms with Crippen LogP contribution >= 0.6 is 11.6 Å². The second kappa shape index (κ2) is 7.41. The lowest BCUT2D eigenvalue weighted by molar-refractivity contribution is -0.132. The molecule has 1 heterocycles. The molecule has 1 aromatic carbocycles. The summed E-state index contributed by atoms with van der Waals surface area (Å²) in [5, 5.41) is 0.314. The minimum absolute atomic E-state index is 0.0480. The summed E-state index contributed by atoms with van der Waals surface area (Å²) in [5.74, 6) is -0.650. The van der Waals surface area contributed by atoms with Crippen LogP contribution in [0.5, 0.6) is 0 Å². The predicted molar refractivity (Wildman–Crippen MR) is 92.6 cm³/mol. The van der Waals surface area contributed by atoms with E-state index in [1.54, 1.807) is 19.1 Å². The molecule has 1 aromatic rings. The fourth-order valence-corrected chi connectivity index (χ4v) is 6.06. The van der Waals surface area contributed by atoms with Crippen LogP contribution in [0.25, 0.3) is 0 Å². The van der Waals surface area contributed by atoms with Gasteiger partial charge in [-0.3, -0.25) is 4.79 Å². The number of rotatable bonds is 6. The molecular weight excluding hydrogens is 374 g/mol. The number of carbonyl (C=O) groups excluding carboxylic acids is 1. The monoisotopic (exact) mass is 393 g/mol. The average molecular weight is 394 g/mol. The minimum atomic E-state index is -3.62. The van der Waals surface area contributed by atoms with Gasteiger partial charge in [-0.25, -0.2) is 16.8 Å². The topological polar surface area (TPSA) is 88.6 Å². The van der Waals surface area contributed by atoms with Crippen LogP contribution < -0.4 is 0 Å². The van der Waals surface area contributed by atoms with Crippen molar-refractivity contribution in [1.82, 2.24) is 4.90 Å². The van der Waals surface area contributed by atoms with E-state index in [1.165, 1.54) is 17.0 Å². The Morgan fingerprint density at radius 2 is 2.08 bits per heavy atom. The van der Waals surface area contributed by atoms with Gasteiger partial charge in [-0.2, -0.15) is 0 Å². The van der Waals surface area contributed by atoms with Crippen LogP contribution in [0.2, 0.25) is 5.02 Å². The second-order valence-corrected chi connectivity index (χ2v) is 10.5. The summed E-state index contributed by atoms with van der Waals surface area (Å²) in [5.41, 5.74) is 0. The normalized spacial score (nSPS) is 20.0. The molecule has 1 amide bonds. The number of carbonyl (C=O) groups is 1. The molecule has 0 saturated carbocycles. The van der Waals surface area contributed by atoms with Gasteiger partial charge in [0.15, 0.2) is 19.7 Å². The zero-order chi connectivity index (χ0) is 18.0. The third-order valence-electron chi connectivity index (χ3n) is 4.05. The molecule has 9 heteroatoms. The Morgan fingerprint density at radius 3 is 2.62 bits per heavy atom. The Morgan fingerprint density at radius 1 is 1.38 bits per heavy atom. The van der Waals surface area contributed by atoms with Gasteiger partial charge in [0.25, 0.3) is 0 Å². The molecule has 1 aliphatic rings. The number of hydrogen-bond acceptors (Lipinski definition) is 5. The van der Waals surface area contributed by atoms with Crippen molar-refractivity contribution in [1.29, 1.82) is 0 Å². The molecular formula is C15H20ClNO5S2. The fourth-order valence-electron chi connectivity index (χ4n) is 2.80. The van der Waals surface area contributed by atoms with E-state index >= 15 is 0 Å². The highest BCUT2D eigenvalue weighted by Crippen LogP contribution is 2.20. The molecule has 0 N–H and O–H groups in total. The summed E-state index contributed by atoms with van der Waals surface area (Å²) in [6.07, 6.45) is 0.224. The molecule has 1 fully saturated rings. The Kier molecular flexibility index (Phi) is 5.93. The van der Waals surface area contributed by atoms with Gasteiger partial charge in [0.1, 0.15) is 0 Å². The summed E-state index contributed by atoms with van der Waals surface area (Å²) in [7, 11) is -6.72. The van der Waals surface area contributed by atoms with Crippen LogP contribution in [0.15, 0.2) is 29.2 Å². The van der Waals surface area contributed by atoms with Crippen molar-refractivity contribution < 1.29 is 21.6 Å². The maximum atomic E-state index is 12.4. The molecule has 0 bridgehead atoms. The molecule has 2 rings (SSSR count). The van der Waals surface area contributed by atoms with Gasteiger partial charge in [0, 0.05) is 24.0 Å². The van der Waals surface area contributed by atoms with Gasteiger partial charge in [-0.1, -0.05) is 17.7 Å². The Hall–Kier alpha value is -1.12. The van der Waals surface area contributed by atoms with Gasteiger partial charge in [-0.15, -0.1) is 0 Å².